The van der Waals surface area contributed by atoms with Gasteiger partial charge in [0.1, 0.15) is 11.0 Å². The van der Waals surface area contributed by atoms with E-state index in [1.165, 1.54) is 11.8 Å². The molecule has 0 bridgehead atoms. The minimum Gasteiger partial charge on any atom is -0.497 e. The Morgan fingerprint density at radius 1 is 0.771 bits per heavy atom. The average Bonchev–Trinajstić information content (AvgIpc) is 2.88. The van der Waals surface area contributed by atoms with Crippen LogP contribution in [0.15, 0.2) is 108 Å². The van der Waals surface area contributed by atoms with E-state index in [2.05, 4.69) is 10.6 Å². The van der Waals surface area contributed by atoms with Gasteiger partial charge in [0.2, 0.25) is 5.91 Å². The van der Waals surface area contributed by atoms with Gasteiger partial charge in [-0.3, -0.25) is 9.59 Å². The van der Waals surface area contributed by atoms with E-state index in [-0.39, 0.29) is 11.8 Å². The van der Waals surface area contributed by atoms with Crippen molar-refractivity contribution in [2.75, 3.05) is 17.7 Å². The molecule has 0 aromatic heterocycles. The molecule has 1 atom stereocenters. The molecule has 0 saturated heterocycles. The zero-order chi connectivity index (χ0) is 24.6. The van der Waals surface area contributed by atoms with Crippen molar-refractivity contribution >= 4 is 35.0 Å². The maximum absolute atomic E-state index is 13.3. The Labute approximate surface area is 209 Å². The molecule has 0 saturated carbocycles. The molecule has 0 radical (unpaired) electrons. The molecule has 0 heterocycles. The summed E-state index contributed by atoms with van der Waals surface area (Å²) < 4.78 is 5.20. The number of hydrogen-bond donors (Lipinski definition) is 2. The molecule has 1 unspecified atom stereocenters. The Balaban J connectivity index is 1.53. The summed E-state index contributed by atoms with van der Waals surface area (Å²) >= 11 is 1.43. The number of methoxy groups -OCH3 is 1. The molecule has 176 valence electrons. The van der Waals surface area contributed by atoms with Gasteiger partial charge in [0.05, 0.1) is 7.11 Å². The van der Waals surface area contributed by atoms with E-state index < -0.39 is 5.25 Å². The second-order valence-electron chi connectivity index (χ2n) is 7.98. The van der Waals surface area contributed by atoms with Crippen LogP contribution >= 0.6 is 11.8 Å². The third-order valence-corrected chi connectivity index (χ3v) is 6.57. The predicted octanol–water partition coefficient (Wildman–Crippen LogP) is 6.73. The quantitative estimate of drug-likeness (QED) is 0.273. The van der Waals surface area contributed by atoms with Crippen molar-refractivity contribution in [2.24, 2.45) is 0 Å². The van der Waals surface area contributed by atoms with Crippen LogP contribution in [0.1, 0.15) is 26.7 Å². The summed E-state index contributed by atoms with van der Waals surface area (Å²) in [6, 6.07) is 31.9. The minimum absolute atomic E-state index is 0.138. The number of amides is 2. The lowest BCUT2D eigenvalue weighted by Gasteiger charge is -2.18. The number of anilines is 2. The summed E-state index contributed by atoms with van der Waals surface area (Å²) in [5, 5.41) is 5.47. The standard InChI is InChI=1S/C29H26N2O3S/c1-20-8-6-11-22(18-20)28(32)31-24-12-7-13-26(19-24)35-27(21-9-4-3-5-10-21)29(33)30-23-14-16-25(34-2)17-15-23/h3-19,27H,1-2H3,(H,30,33)(H,31,32). The lowest BCUT2D eigenvalue weighted by molar-refractivity contribution is -0.115. The van der Waals surface area contributed by atoms with E-state index in [4.69, 9.17) is 4.74 Å². The van der Waals surface area contributed by atoms with Gasteiger partial charge in [-0.25, -0.2) is 0 Å². The van der Waals surface area contributed by atoms with Gasteiger partial charge in [0.15, 0.2) is 0 Å². The molecule has 0 aliphatic heterocycles. The normalized spacial score (nSPS) is 11.4. The number of rotatable bonds is 8. The van der Waals surface area contributed by atoms with Crippen LogP contribution in [0.3, 0.4) is 0 Å². The van der Waals surface area contributed by atoms with Crippen LogP contribution in [-0.4, -0.2) is 18.9 Å². The number of ether oxygens (including phenoxy) is 1. The van der Waals surface area contributed by atoms with E-state index in [0.717, 1.165) is 21.8 Å². The third kappa shape index (κ3) is 6.52. The molecule has 6 heteroatoms. The average molecular weight is 483 g/mol. The molecule has 0 aliphatic rings. The number of aryl methyl sites for hydroxylation is 1. The summed E-state index contributed by atoms with van der Waals surface area (Å²) in [5.74, 6) is 0.412. The van der Waals surface area contributed by atoms with Crippen molar-refractivity contribution in [3.63, 3.8) is 0 Å². The van der Waals surface area contributed by atoms with Crippen molar-refractivity contribution in [1.29, 1.82) is 0 Å². The van der Waals surface area contributed by atoms with Crippen LogP contribution in [0.5, 0.6) is 5.75 Å². The molecular weight excluding hydrogens is 456 g/mol. The van der Waals surface area contributed by atoms with Gasteiger partial charge >= 0.3 is 0 Å². The number of hydrogen-bond acceptors (Lipinski definition) is 4. The topological polar surface area (TPSA) is 67.4 Å². The van der Waals surface area contributed by atoms with Gasteiger partial charge in [0, 0.05) is 21.8 Å². The van der Waals surface area contributed by atoms with E-state index >= 15 is 0 Å². The van der Waals surface area contributed by atoms with E-state index in [1.807, 2.05) is 91.9 Å². The lowest BCUT2D eigenvalue weighted by Crippen LogP contribution is -2.19. The zero-order valence-electron chi connectivity index (χ0n) is 19.5. The minimum atomic E-state index is -0.485. The summed E-state index contributed by atoms with van der Waals surface area (Å²) in [7, 11) is 1.60. The van der Waals surface area contributed by atoms with Gasteiger partial charge < -0.3 is 15.4 Å². The Morgan fingerprint density at radius 2 is 1.51 bits per heavy atom. The van der Waals surface area contributed by atoms with Crippen molar-refractivity contribution < 1.29 is 14.3 Å². The van der Waals surface area contributed by atoms with Gasteiger partial charge in [-0.15, -0.1) is 11.8 Å². The van der Waals surface area contributed by atoms with Gasteiger partial charge in [-0.1, -0.05) is 54.1 Å². The van der Waals surface area contributed by atoms with Gasteiger partial charge in [-0.05, 0) is 67.1 Å². The largest absolute Gasteiger partial charge is 0.497 e. The van der Waals surface area contributed by atoms with Crippen LogP contribution in [0.25, 0.3) is 0 Å². The molecule has 4 rings (SSSR count). The molecule has 0 fully saturated rings. The first kappa shape index (κ1) is 24.1. The fraction of sp³-hybridized carbons (Fsp3) is 0.103. The van der Waals surface area contributed by atoms with E-state index in [9.17, 15) is 9.59 Å². The Hall–Kier alpha value is -4.03. The van der Waals surface area contributed by atoms with E-state index in [0.29, 0.717) is 16.9 Å². The maximum atomic E-state index is 13.3. The molecule has 35 heavy (non-hydrogen) atoms. The second-order valence-corrected chi connectivity index (χ2v) is 9.16. The molecule has 0 aliphatic carbocycles. The van der Waals surface area contributed by atoms with E-state index in [1.54, 1.807) is 25.3 Å². The highest BCUT2D eigenvalue weighted by Crippen LogP contribution is 2.37. The molecular formula is C29H26N2O3S. The van der Waals surface area contributed by atoms with Crippen LogP contribution in [0.4, 0.5) is 11.4 Å². The van der Waals surface area contributed by atoms with Crippen molar-refractivity contribution in [3.05, 3.63) is 120 Å². The first-order chi connectivity index (χ1) is 17.0. The van der Waals surface area contributed by atoms with Crippen LogP contribution in [-0.2, 0) is 4.79 Å². The summed E-state index contributed by atoms with van der Waals surface area (Å²) in [6.45, 7) is 1.95. The number of carbonyl (C=O) groups excluding carboxylic acids is 2. The zero-order valence-corrected chi connectivity index (χ0v) is 20.3. The van der Waals surface area contributed by atoms with Crippen molar-refractivity contribution in [2.45, 2.75) is 17.1 Å². The van der Waals surface area contributed by atoms with Crippen LogP contribution < -0.4 is 15.4 Å². The first-order valence-corrected chi connectivity index (χ1v) is 12.0. The fourth-order valence-corrected chi connectivity index (χ4v) is 4.64. The predicted molar refractivity (Wildman–Crippen MR) is 142 cm³/mol. The summed E-state index contributed by atoms with van der Waals surface area (Å²) in [4.78, 5) is 26.9. The van der Waals surface area contributed by atoms with Crippen molar-refractivity contribution in [1.82, 2.24) is 0 Å². The van der Waals surface area contributed by atoms with Crippen LogP contribution in [0.2, 0.25) is 0 Å². The number of carbonyl (C=O) groups is 2. The molecule has 4 aromatic rings. The molecule has 5 nitrogen and oxygen atoms in total. The third-order valence-electron chi connectivity index (χ3n) is 5.32. The lowest BCUT2D eigenvalue weighted by atomic mass is 10.1. The SMILES string of the molecule is COc1ccc(NC(=O)C(Sc2cccc(NC(=O)c3cccc(C)c3)c2)c2ccccc2)cc1. The molecule has 0 spiro atoms. The highest BCUT2D eigenvalue weighted by Gasteiger charge is 2.22. The van der Waals surface area contributed by atoms with Crippen molar-refractivity contribution in [3.8, 4) is 5.75 Å². The second kappa shape index (κ2) is 11.4. The highest BCUT2D eigenvalue weighted by atomic mass is 32.2. The van der Waals surface area contributed by atoms with Crippen LogP contribution in [0, 0.1) is 6.92 Å². The molecule has 2 amide bonds. The Morgan fingerprint density at radius 3 is 2.23 bits per heavy atom. The maximum Gasteiger partial charge on any atom is 0.255 e. The van der Waals surface area contributed by atoms with Gasteiger partial charge in [-0.2, -0.15) is 0 Å². The fourth-order valence-electron chi connectivity index (χ4n) is 3.56. The Bertz CT molecular complexity index is 1310. The molecule has 2 N–H and O–H groups in total. The number of benzene rings is 4. The number of thioether (sulfide) groups is 1. The Kier molecular flexibility index (Phi) is 7.85. The van der Waals surface area contributed by atoms with Gasteiger partial charge in [0.25, 0.3) is 5.91 Å². The number of nitrogens with one attached hydrogen (secondary N) is 2. The smallest absolute Gasteiger partial charge is 0.255 e. The summed E-state index contributed by atoms with van der Waals surface area (Å²) in [5.41, 5.74) is 3.87. The summed E-state index contributed by atoms with van der Waals surface area (Å²) in [6.07, 6.45) is 0. The first-order valence-electron chi connectivity index (χ1n) is 11.2. The molecule has 4 aromatic carbocycles. The highest BCUT2D eigenvalue weighted by molar-refractivity contribution is 8.00. The monoisotopic (exact) mass is 482 g/mol.